The quantitative estimate of drug-likeness (QED) is 0.876. The number of rotatable bonds is 1. The fraction of sp³-hybridized carbons (Fsp3) is 0.100. The lowest BCUT2D eigenvalue weighted by Gasteiger charge is -2.06. The Kier molecular flexibility index (Phi) is 2.71. The highest BCUT2D eigenvalue weighted by atomic mass is 79.9. The van der Waals surface area contributed by atoms with Crippen molar-refractivity contribution in [1.29, 1.82) is 0 Å². The van der Waals surface area contributed by atoms with Gasteiger partial charge in [0.1, 0.15) is 10.8 Å². The van der Waals surface area contributed by atoms with Crippen LogP contribution in [0.5, 0.6) is 5.75 Å². The molecule has 0 amide bonds. The van der Waals surface area contributed by atoms with Crippen molar-refractivity contribution in [1.82, 2.24) is 4.98 Å². The SMILES string of the molecule is COc1ccc(Br)c2c(=O)c(Cl)c[nH]c12. The van der Waals surface area contributed by atoms with Gasteiger partial charge in [-0.05, 0) is 28.1 Å². The van der Waals surface area contributed by atoms with Crippen molar-refractivity contribution in [2.75, 3.05) is 7.11 Å². The fourth-order valence-electron chi connectivity index (χ4n) is 1.41. The summed E-state index contributed by atoms with van der Waals surface area (Å²) in [6.45, 7) is 0. The van der Waals surface area contributed by atoms with Gasteiger partial charge in [0, 0.05) is 10.7 Å². The van der Waals surface area contributed by atoms with E-state index in [1.807, 2.05) is 0 Å². The summed E-state index contributed by atoms with van der Waals surface area (Å²) in [7, 11) is 1.55. The van der Waals surface area contributed by atoms with Gasteiger partial charge < -0.3 is 9.72 Å². The average Bonchev–Trinajstić information content (AvgIpc) is 2.24. The monoisotopic (exact) mass is 287 g/mol. The highest BCUT2D eigenvalue weighted by Gasteiger charge is 2.10. The van der Waals surface area contributed by atoms with Crippen LogP contribution in [0.1, 0.15) is 0 Å². The first-order valence-electron chi connectivity index (χ1n) is 4.18. The lowest BCUT2D eigenvalue weighted by atomic mass is 10.2. The Labute approximate surface area is 99.1 Å². The van der Waals surface area contributed by atoms with Gasteiger partial charge in [-0.3, -0.25) is 4.79 Å². The van der Waals surface area contributed by atoms with Gasteiger partial charge in [-0.1, -0.05) is 11.6 Å². The van der Waals surface area contributed by atoms with Crippen molar-refractivity contribution >= 4 is 38.4 Å². The van der Waals surface area contributed by atoms with E-state index >= 15 is 0 Å². The summed E-state index contributed by atoms with van der Waals surface area (Å²) in [6.07, 6.45) is 1.46. The molecule has 1 aromatic heterocycles. The Hall–Kier alpha value is -1.00. The van der Waals surface area contributed by atoms with E-state index in [2.05, 4.69) is 20.9 Å². The molecule has 0 aliphatic rings. The van der Waals surface area contributed by atoms with E-state index < -0.39 is 0 Å². The van der Waals surface area contributed by atoms with Gasteiger partial charge in [-0.25, -0.2) is 0 Å². The number of aromatic nitrogens is 1. The molecule has 0 bridgehead atoms. The molecular weight excluding hydrogens is 281 g/mol. The third-order valence-electron chi connectivity index (χ3n) is 2.12. The zero-order chi connectivity index (χ0) is 11.0. The predicted molar refractivity (Wildman–Crippen MR) is 63.8 cm³/mol. The van der Waals surface area contributed by atoms with Crippen molar-refractivity contribution in [2.45, 2.75) is 0 Å². The van der Waals surface area contributed by atoms with Crippen LogP contribution in [0.25, 0.3) is 10.9 Å². The molecular formula is C10H7BrClNO2. The van der Waals surface area contributed by atoms with Gasteiger partial charge in [-0.2, -0.15) is 0 Å². The minimum absolute atomic E-state index is 0.163. The van der Waals surface area contributed by atoms with Crippen LogP contribution in [0.4, 0.5) is 0 Å². The van der Waals surface area contributed by atoms with Crippen LogP contribution in [0.15, 0.2) is 27.6 Å². The lowest BCUT2D eigenvalue weighted by molar-refractivity contribution is 0.419. The predicted octanol–water partition coefficient (Wildman–Crippen LogP) is 2.95. The van der Waals surface area contributed by atoms with Gasteiger partial charge in [0.15, 0.2) is 0 Å². The molecule has 2 aromatic rings. The van der Waals surface area contributed by atoms with Crippen molar-refractivity contribution < 1.29 is 4.74 Å². The highest BCUT2D eigenvalue weighted by Crippen LogP contribution is 2.28. The first kappa shape index (κ1) is 10.5. The molecule has 3 nitrogen and oxygen atoms in total. The summed E-state index contributed by atoms with van der Waals surface area (Å²) in [5.41, 5.74) is 0.428. The normalized spacial score (nSPS) is 10.6. The molecule has 0 saturated carbocycles. The maximum atomic E-state index is 11.8. The lowest BCUT2D eigenvalue weighted by Crippen LogP contribution is -2.04. The second-order valence-corrected chi connectivity index (χ2v) is 4.23. The maximum absolute atomic E-state index is 11.8. The maximum Gasteiger partial charge on any atom is 0.209 e. The van der Waals surface area contributed by atoms with Crippen LogP contribution in [-0.2, 0) is 0 Å². The van der Waals surface area contributed by atoms with Gasteiger partial charge in [0.2, 0.25) is 5.43 Å². The number of halogens is 2. The molecule has 0 fully saturated rings. The average molecular weight is 289 g/mol. The number of benzene rings is 1. The Morgan fingerprint density at radius 3 is 2.87 bits per heavy atom. The van der Waals surface area contributed by atoms with E-state index in [1.54, 1.807) is 19.2 Å². The van der Waals surface area contributed by atoms with Crippen molar-refractivity contribution in [3.8, 4) is 5.75 Å². The number of H-pyrrole nitrogens is 1. The van der Waals surface area contributed by atoms with Gasteiger partial charge in [0.05, 0.1) is 18.0 Å². The molecule has 0 unspecified atom stereocenters. The first-order chi connectivity index (χ1) is 7.15. The van der Waals surface area contributed by atoms with Gasteiger partial charge in [-0.15, -0.1) is 0 Å². The number of fused-ring (bicyclic) bond motifs is 1. The van der Waals surface area contributed by atoms with Crippen LogP contribution >= 0.6 is 27.5 Å². The Balaban J connectivity index is 3.00. The number of nitrogens with one attached hydrogen (secondary N) is 1. The summed E-state index contributed by atoms with van der Waals surface area (Å²) in [5.74, 6) is 0.613. The molecule has 0 aliphatic carbocycles. The molecule has 0 saturated heterocycles. The number of hydrogen-bond donors (Lipinski definition) is 1. The number of methoxy groups -OCH3 is 1. The minimum Gasteiger partial charge on any atom is -0.495 e. The zero-order valence-electron chi connectivity index (χ0n) is 7.80. The molecule has 78 valence electrons. The van der Waals surface area contributed by atoms with E-state index in [0.717, 1.165) is 0 Å². The summed E-state index contributed by atoms with van der Waals surface area (Å²) < 4.78 is 5.84. The smallest absolute Gasteiger partial charge is 0.209 e. The Bertz CT molecular complexity index is 579. The third-order valence-corrected chi connectivity index (χ3v) is 3.06. The highest BCUT2D eigenvalue weighted by molar-refractivity contribution is 9.10. The van der Waals surface area contributed by atoms with E-state index in [-0.39, 0.29) is 10.5 Å². The molecule has 1 N–H and O–H groups in total. The summed E-state index contributed by atoms with van der Waals surface area (Å²) in [4.78, 5) is 14.7. The number of hydrogen-bond acceptors (Lipinski definition) is 2. The van der Waals surface area contributed by atoms with Crippen LogP contribution in [0.2, 0.25) is 5.02 Å². The molecule has 2 rings (SSSR count). The van der Waals surface area contributed by atoms with E-state index in [4.69, 9.17) is 16.3 Å². The van der Waals surface area contributed by atoms with Gasteiger partial charge in [0.25, 0.3) is 0 Å². The Morgan fingerprint density at radius 2 is 2.20 bits per heavy atom. The second kappa shape index (κ2) is 3.87. The number of ether oxygens (including phenoxy) is 1. The largest absolute Gasteiger partial charge is 0.495 e. The molecule has 15 heavy (non-hydrogen) atoms. The van der Waals surface area contributed by atoms with E-state index in [9.17, 15) is 4.79 Å². The first-order valence-corrected chi connectivity index (χ1v) is 5.35. The van der Waals surface area contributed by atoms with E-state index in [0.29, 0.717) is 21.1 Å². The van der Waals surface area contributed by atoms with Crippen LogP contribution in [0.3, 0.4) is 0 Å². The standard InChI is InChI=1S/C10H7BrClNO2/c1-15-7-3-2-5(11)8-9(7)13-4-6(12)10(8)14/h2-4H,1H3,(H,13,14). The summed E-state index contributed by atoms with van der Waals surface area (Å²) in [5, 5.41) is 0.665. The third kappa shape index (κ3) is 1.64. The van der Waals surface area contributed by atoms with Crippen molar-refractivity contribution in [2.24, 2.45) is 0 Å². The summed E-state index contributed by atoms with van der Waals surface area (Å²) >= 11 is 9.06. The Morgan fingerprint density at radius 1 is 1.47 bits per heavy atom. The number of pyridine rings is 1. The molecule has 0 spiro atoms. The zero-order valence-corrected chi connectivity index (χ0v) is 10.1. The van der Waals surface area contributed by atoms with Crippen LogP contribution < -0.4 is 10.2 Å². The molecule has 5 heteroatoms. The van der Waals surface area contributed by atoms with Crippen molar-refractivity contribution in [3.05, 3.63) is 38.0 Å². The van der Waals surface area contributed by atoms with Crippen LogP contribution in [0, 0.1) is 0 Å². The minimum atomic E-state index is -0.212. The second-order valence-electron chi connectivity index (χ2n) is 2.97. The topological polar surface area (TPSA) is 42.1 Å². The van der Waals surface area contributed by atoms with E-state index in [1.165, 1.54) is 6.20 Å². The molecule has 0 aliphatic heterocycles. The number of aromatic amines is 1. The molecule has 1 heterocycles. The van der Waals surface area contributed by atoms with Gasteiger partial charge >= 0.3 is 0 Å². The summed E-state index contributed by atoms with van der Waals surface area (Å²) in [6, 6.07) is 3.53. The van der Waals surface area contributed by atoms with Crippen LogP contribution in [-0.4, -0.2) is 12.1 Å². The molecule has 0 radical (unpaired) electrons. The molecule has 1 aromatic carbocycles. The fourth-order valence-corrected chi connectivity index (χ4v) is 2.07. The van der Waals surface area contributed by atoms with Crippen molar-refractivity contribution in [3.63, 3.8) is 0 Å². The molecule has 0 atom stereocenters.